The van der Waals surface area contributed by atoms with E-state index >= 15 is 0 Å². The van der Waals surface area contributed by atoms with E-state index in [1.54, 1.807) is 6.92 Å². The number of nitrogens with one attached hydrogen (secondary N) is 2. The summed E-state index contributed by atoms with van der Waals surface area (Å²) in [6.07, 6.45) is 2.37. The van der Waals surface area contributed by atoms with Crippen LogP contribution < -0.4 is 18.9 Å². The monoisotopic (exact) mass is 593 g/mol. The van der Waals surface area contributed by atoms with Gasteiger partial charge >= 0.3 is 6.01 Å². The molecule has 13 heteroatoms. The Morgan fingerprint density at radius 1 is 1.06 bits per heavy atom. The quantitative estimate of drug-likeness (QED) is 0.345. The molecule has 0 bridgehead atoms. The van der Waals surface area contributed by atoms with Crippen molar-refractivity contribution in [3.8, 4) is 23.0 Å². The SMILES string of the molecule is [2H]c1nc(NS(=O)(=O)NCCC)c(-c2c([2H])c([2H])c(Br)c([2H])c2[2H])c(OCC([2H])([2H])Oc2ncc(Br)cn2)n1. The lowest BCUT2D eigenvalue weighted by Gasteiger charge is -2.15. The van der Waals surface area contributed by atoms with Gasteiger partial charge < -0.3 is 9.47 Å². The number of rotatable bonds is 11. The van der Waals surface area contributed by atoms with E-state index in [4.69, 9.17) is 19.1 Å². The fraction of sp³-hybridized carbons (Fsp3) is 0.263. The van der Waals surface area contributed by atoms with E-state index in [-0.39, 0.29) is 17.0 Å². The summed E-state index contributed by atoms with van der Waals surface area (Å²) in [5.74, 6) is -1.19. The fourth-order valence-corrected chi connectivity index (χ4v) is 3.45. The van der Waals surface area contributed by atoms with E-state index < -0.39 is 76.7 Å². The van der Waals surface area contributed by atoms with E-state index in [1.807, 2.05) is 0 Å². The second-order valence-electron chi connectivity index (χ2n) is 5.76. The van der Waals surface area contributed by atoms with Crippen LogP contribution in [0.1, 0.15) is 22.9 Å². The predicted octanol–water partition coefficient (Wildman–Crippen LogP) is 3.57. The molecule has 170 valence electrons. The van der Waals surface area contributed by atoms with Crippen molar-refractivity contribution in [1.82, 2.24) is 24.7 Å². The molecular formula is C19H20Br2N6O4S. The molecule has 0 amide bonds. The van der Waals surface area contributed by atoms with Crippen LogP contribution in [0.25, 0.3) is 11.1 Å². The van der Waals surface area contributed by atoms with Gasteiger partial charge in [-0.2, -0.15) is 13.1 Å². The lowest BCUT2D eigenvalue weighted by molar-refractivity contribution is 0.202. The molecule has 0 unspecified atom stereocenters. The van der Waals surface area contributed by atoms with Gasteiger partial charge in [-0.25, -0.2) is 19.9 Å². The summed E-state index contributed by atoms with van der Waals surface area (Å²) >= 11 is 6.14. The van der Waals surface area contributed by atoms with Gasteiger partial charge in [0.05, 0.1) is 18.3 Å². The molecule has 0 aliphatic rings. The first-order valence-electron chi connectivity index (χ1n) is 12.4. The average Bonchev–Trinajstić information content (AvgIpc) is 2.86. The first-order valence-corrected chi connectivity index (χ1v) is 11.9. The largest absolute Gasteiger partial charge is 0.473 e. The van der Waals surface area contributed by atoms with Crippen LogP contribution in [0.3, 0.4) is 0 Å². The molecule has 10 nitrogen and oxygen atoms in total. The maximum atomic E-state index is 12.6. The van der Waals surface area contributed by atoms with Crippen molar-refractivity contribution in [3.63, 3.8) is 0 Å². The predicted molar refractivity (Wildman–Crippen MR) is 127 cm³/mol. The Bertz CT molecular complexity index is 1460. The fourth-order valence-electron chi connectivity index (χ4n) is 2.10. The summed E-state index contributed by atoms with van der Waals surface area (Å²) in [6.45, 7) is -1.68. The van der Waals surface area contributed by atoms with Crippen LogP contribution in [0.2, 0.25) is 0 Å². The summed E-state index contributed by atoms with van der Waals surface area (Å²) in [4.78, 5) is 15.2. The van der Waals surface area contributed by atoms with E-state index in [0.717, 1.165) is 0 Å². The van der Waals surface area contributed by atoms with E-state index in [0.29, 0.717) is 10.9 Å². The summed E-state index contributed by atoms with van der Waals surface area (Å²) in [6, 6.07) is -2.50. The Balaban J connectivity index is 2.14. The molecule has 0 aliphatic heterocycles. The van der Waals surface area contributed by atoms with Gasteiger partial charge in [-0.3, -0.25) is 4.72 Å². The van der Waals surface area contributed by atoms with Crippen molar-refractivity contribution in [3.05, 3.63) is 51.8 Å². The highest BCUT2D eigenvalue weighted by atomic mass is 79.9. The molecule has 32 heavy (non-hydrogen) atoms. The number of benzene rings is 1. The van der Waals surface area contributed by atoms with Crippen molar-refractivity contribution in [2.24, 2.45) is 0 Å². The van der Waals surface area contributed by atoms with Crippen LogP contribution in [0.5, 0.6) is 11.9 Å². The number of halogens is 2. The molecule has 0 saturated heterocycles. The number of hydrogen-bond acceptors (Lipinski definition) is 8. The van der Waals surface area contributed by atoms with E-state index in [9.17, 15) is 8.42 Å². The van der Waals surface area contributed by atoms with Gasteiger partial charge in [0.25, 0.3) is 10.2 Å². The van der Waals surface area contributed by atoms with Crippen LogP contribution in [-0.2, 0) is 10.2 Å². The number of hydrogen-bond donors (Lipinski definition) is 2. The standard InChI is InChI=1S/C19H20Br2N6O4S/c1-2-7-26-32(28,29)27-17-16(13-3-5-14(20)6-4-13)18(25-12-24-17)30-8-9-31-19-22-10-15(21)11-23-19/h3-6,10-12,26H,2,7-9H2,1H3,(H,24,25,27)/i3D,4D,5D,6D,9D2,12D. The van der Waals surface area contributed by atoms with Crippen molar-refractivity contribution in [2.45, 2.75) is 13.3 Å². The topological polar surface area (TPSA) is 128 Å². The third kappa shape index (κ3) is 7.08. The summed E-state index contributed by atoms with van der Waals surface area (Å²) < 4.78 is 98.0. The zero-order valence-corrected chi connectivity index (χ0v) is 20.4. The van der Waals surface area contributed by atoms with Crippen LogP contribution in [0.15, 0.2) is 51.8 Å². The molecule has 0 radical (unpaired) electrons. The molecule has 2 heterocycles. The number of anilines is 1. The Labute approximate surface area is 212 Å². The molecular weight excluding hydrogens is 568 g/mol. The van der Waals surface area contributed by atoms with Gasteiger partial charge in [-0.1, -0.05) is 34.9 Å². The second kappa shape index (κ2) is 11.5. The van der Waals surface area contributed by atoms with Crippen LogP contribution in [0.4, 0.5) is 5.82 Å². The molecule has 0 saturated carbocycles. The molecule has 0 spiro atoms. The highest BCUT2D eigenvalue weighted by Crippen LogP contribution is 2.34. The number of ether oxygens (including phenoxy) is 2. The number of nitrogens with zero attached hydrogens (tertiary/aromatic N) is 4. The first kappa shape index (κ1) is 16.3. The normalized spacial score (nSPS) is 14.8. The molecule has 0 fully saturated rings. The van der Waals surface area contributed by atoms with Crippen molar-refractivity contribution in [2.75, 3.05) is 24.4 Å². The van der Waals surface area contributed by atoms with Gasteiger partial charge in [0, 0.05) is 23.4 Å². The zero-order chi connectivity index (χ0) is 29.1. The molecule has 3 aromatic rings. The molecule has 3 rings (SSSR count). The molecule has 1 aromatic carbocycles. The summed E-state index contributed by atoms with van der Waals surface area (Å²) in [5, 5.41) is 0. The maximum absolute atomic E-state index is 12.6. The maximum Gasteiger partial charge on any atom is 0.316 e. The summed E-state index contributed by atoms with van der Waals surface area (Å²) in [5.41, 5.74) is -0.901. The minimum atomic E-state index is -4.28. The highest BCUT2D eigenvalue weighted by molar-refractivity contribution is 9.10. The van der Waals surface area contributed by atoms with Gasteiger partial charge in [0.2, 0.25) is 5.88 Å². The molecule has 2 N–H and O–H groups in total. The van der Waals surface area contributed by atoms with E-state index in [1.165, 1.54) is 12.4 Å². The Morgan fingerprint density at radius 2 is 1.78 bits per heavy atom. The minimum absolute atomic E-state index is 0.0575. The van der Waals surface area contributed by atoms with E-state index in [2.05, 4.69) is 61.2 Å². The van der Waals surface area contributed by atoms with Crippen LogP contribution in [0, 0.1) is 0 Å². The third-order valence-corrected chi connectivity index (χ3v) is 5.26. The van der Waals surface area contributed by atoms with Gasteiger partial charge in [0.1, 0.15) is 20.8 Å². The molecule has 0 aliphatic carbocycles. The highest BCUT2D eigenvalue weighted by Gasteiger charge is 2.19. The van der Waals surface area contributed by atoms with Gasteiger partial charge in [0.15, 0.2) is 5.82 Å². The van der Waals surface area contributed by atoms with Crippen LogP contribution in [-0.4, -0.2) is 48.1 Å². The minimum Gasteiger partial charge on any atom is -0.473 e. The molecule has 0 atom stereocenters. The third-order valence-electron chi connectivity index (χ3n) is 3.41. The number of aromatic nitrogens is 4. The lowest BCUT2D eigenvalue weighted by Crippen LogP contribution is -2.31. The first-order chi connectivity index (χ1) is 18.2. The summed E-state index contributed by atoms with van der Waals surface area (Å²) in [7, 11) is -4.28. The van der Waals surface area contributed by atoms with Gasteiger partial charge in [-0.05, 0) is 40.0 Å². The Morgan fingerprint density at radius 3 is 2.47 bits per heavy atom. The Hall–Kier alpha value is -2.35. The lowest BCUT2D eigenvalue weighted by atomic mass is 10.1. The van der Waals surface area contributed by atoms with Crippen LogP contribution >= 0.6 is 31.9 Å². The smallest absolute Gasteiger partial charge is 0.316 e. The van der Waals surface area contributed by atoms with Gasteiger partial charge in [-0.15, -0.1) is 0 Å². The molecule has 2 aromatic heterocycles. The van der Waals surface area contributed by atoms with Crippen molar-refractivity contribution < 1.29 is 27.5 Å². The van der Waals surface area contributed by atoms with Crippen molar-refractivity contribution >= 4 is 47.9 Å². The van der Waals surface area contributed by atoms with Crippen molar-refractivity contribution in [1.29, 1.82) is 0 Å². The average molecular weight is 595 g/mol. The second-order valence-corrected chi connectivity index (χ2v) is 8.97. The Kier molecular flexibility index (Phi) is 5.85. The zero-order valence-electron chi connectivity index (χ0n) is 23.4.